The van der Waals surface area contributed by atoms with Crippen LogP contribution in [0.4, 0.5) is 5.69 Å². The van der Waals surface area contributed by atoms with Gasteiger partial charge in [0.15, 0.2) is 0 Å². The molecule has 0 aliphatic rings. The standard InChI is InChI=1S/C19H20N2O6/c1-2-11-27-14-9-7-13(8-10-14)16(12-18(22)23)20-19(24)15-5-3-4-6-17(15)21(25)26/h3-10,16H,2,11-12H2,1H3,(H,20,24)(H,22,23)/t16-/m1/s1. The van der Waals surface area contributed by atoms with Crippen molar-refractivity contribution in [3.63, 3.8) is 0 Å². The lowest BCUT2D eigenvalue weighted by Gasteiger charge is -2.18. The Morgan fingerprint density at radius 3 is 2.44 bits per heavy atom. The van der Waals surface area contributed by atoms with Crippen LogP contribution in [0.2, 0.25) is 0 Å². The Morgan fingerprint density at radius 2 is 1.85 bits per heavy atom. The normalized spacial score (nSPS) is 11.4. The first-order valence-corrected chi connectivity index (χ1v) is 8.41. The van der Waals surface area contributed by atoms with Gasteiger partial charge in [0.05, 0.1) is 24.0 Å². The van der Waals surface area contributed by atoms with Crippen LogP contribution < -0.4 is 10.1 Å². The number of nitrogens with zero attached hydrogens (tertiary/aromatic N) is 1. The van der Waals surface area contributed by atoms with Gasteiger partial charge in [0.25, 0.3) is 11.6 Å². The van der Waals surface area contributed by atoms with Crippen LogP contribution in [-0.2, 0) is 4.79 Å². The first kappa shape index (κ1) is 19.9. The molecule has 0 aliphatic heterocycles. The van der Waals surface area contributed by atoms with Crippen LogP contribution in [-0.4, -0.2) is 28.5 Å². The number of nitro groups is 1. The second kappa shape index (κ2) is 9.33. The number of aliphatic carboxylic acids is 1. The molecule has 0 radical (unpaired) electrons. The Kier molecular flexibility index (Phi) is 6.87. The van der Waals surface area contributed by atoms with Gasteiger partial charge in [-0.15, -0.1) is 0 Å². The van der Waals surface area contributed by atoms with Gasteiger partial charge in [0.2, 0.25) is 0 Å². The highest BCUT2D eigenvalue weighted by atomic mass is 16.6. The number of benzene rings is 2. The summed E-state index contributed by atoms with van der Waals surface area (Å²) in [6.45, 7) is 2.54. The number of amides is 1. The van der Waals surface area contributed by atoms with Crippen molar-refractivity contribution >= 4 is 17.6 Å². The number of ether oxygens (including phenoxy) is 1. The van der Waals surface area contributed by atoms with E-state index in [1.807, 2.05) is 6.92 Å². The molecule has 142 valence electrons. The van der Waals surface area contributed by atoms with Crippen LogP contribution >= 0.6 is 0 Å². The van der Waals surface area contributed by atoms with Crippen molar-refractivity contribution in [3.8, 4) is 5.75 Å². The van der Waals surface area contributed by atoms with Crippen LogP contribution in [0.25, 0.3) is 0 Å². The van der Waals surface area contributed by atoms with E-state index in [2.05, 4.69) is 5.32 Å². The maximum atomic E-state index is 12.5. The molecule has 0 saturated heterocycles. The smallest absolute Gasteiger partial charge is 0.305 e. The molecule has 0 bridgehead atoms. The predicted octanol–water partition coefficient (Wildman–Crippen LogP) is 3.33. The predicted molar refractivity (Wildman–Crippen MR) is 97.8 cm³/mol. The molecule has 0 fully saturated rings. The first-order valence-electron chi connectivity index (χ1n) is 8.41. The Labute approximate surface area is 155 Å². The lowest BCUT2D eigenvalue weighted by molar-refractivity contribution is -0.385. The number of carbonyl (C=O) groups is 2. The number of hydrogen-bond donors (Lipinski definition) is 2. The minimum absolute atomic E-state index is 0.124. The van der Waals surface area contributed by atoms with Crippen LogP contribution in [0.1, 0.15) is 41.7 Å². The third-order valence-electron chi connectivity index (χ3n) is 3.78. The van der Waals surface area contributed by atoms with E-state index in [9.17, 15) is 19.7 Å². The van der Waals surface area contributed by atoms with E-state index in [-0.39, 0.29) is 17.7 Å². The van der Waals surface area contributed by atoms with Gasteiger partial charge < -0.3 is 15.2 Å². The van der Waals surface area contributed by atoms with Gasteiger partial charge in [-0.05, 0) is 30.2 Å². The number of para-hydroxylation sites is 1. The van der Waals surface area contributed by atoms with E-state index >= 15 is 0 Å². The average molecular weight is 372 g/mol. The van der Waals surface area contributed by atoms with Gasteiger partial charge in [-0.3, -0.25) is 19.7 Å². The van der Waals surface area contributed by atoms with Gasteiger partial charge in [-0.1, -0.05) is 31.2 Å². The highest BCUT2D eigenvalue weighted by Gasteiger charge is 2.24. The molecule has 8 heteroatoms. The zero-order chi connectivity index (χ0) is 19.8. The summed E-state index contributed by atoms with van der Waals surface area (Å²) in [4.78, 5) is 34.2. The van der Waals surface area contributed by atoms with Gasteiger partial charge in [-0.2, -0.15) is 0 Å². The highest BCUT2D eigenvalue weighted by molar-refractivity contribution is 5.98. The maximum absolute atomic E-state index is 12.5. The molecule has 1 atom stereocenters. The van der Waals surface area contributed by atoms with Crippen molar-refractivity contribution in [2.24, 2.45) is 0 Å². The fourth-order valence-electron chi connectivity index (χ4n) is 2.50. The molecular weight excluding hydrogens is 352 g/mol. The highest BCUT2D eigenvalue weighted by Crippen LogP contribution is 2.23. The van der Waals surface area contributed by atoms with Crippen molar-refractivity contribution in [3.05, 3.63) is 69.8 Å². The minimum Gasteiger partial charge on any atom is -0.494 e. The fourth-order valence-corrected chi connectivity index (χ4v) is 2.50. The van der Waals surface area contributed by atoms with E-state index < -0.39 is 22.8 Å². The van der Waals surface area contributed by atoms with Crippen LogP contribution in [0, 0.1) is 10.1 Å². The zero-order valence-corrected chi connectivity index (χ0v) is 14.8. The topological polar surface area (TPSA) is 119 Å². The number of rotatable bonds is 9. The molecule has 8 nitrogen and oxygen atoms in total. The van der Waals surface area contributed by atoms with Gasteiger partial charge in [-0.25, -0.2) is 0 Å². The van der Waals surface area contributed by atoms with Crippen LogP contribution in [0.15, 0.2) is 48.5 Å². The number of carbonyl (C=O) groups excluding carboxylic acids is 1. The van der Waals surface area contributed by atoms with E-state index in [1.165, 1.54) is 24.3 Å². The Balaban J connectivity index is 2.23. The summed E-state index contributed by atoms with van der Waals surface area (Å²) >= 11 is 0. The third-order valence-corrected chi connectivity index (χ3v) is 3.78. The largest absolute Gasteiger partial charge is 0.494 e. The van der Waals surface area contributed by atoms with Crippen LogP contribution in [0.3, 0.4) is 0 Å². The Hall–Kier alpha value is -3.42. The first-order chi connectivity index (χ1) is 12.9. The summed E-state index contributed by atoms with van der Waals surface area (Å²) < 4.78 is 5.48. The lowest BCUT2D eigenvalue weighted by atomic mass is 10.0. The maximum Gasteiger partial charge on any atom is 0.305 e. The van der Waals surface area contributed by atoms with Crippen molar-refractivity contribution in [1.29, 1.82) is 0 Å². The summed E-state index contributed by atoms with van der Waals surface area (Å²) in [6, 6.07) is 11.4. The zero-order valence-electron chi connectivity index (χ0n) is 14.8. The molecule has 0 aromatic heterocycles. The van der Waals surface area contributed by atoms with Crippen molar-refractivity contribution in [1.82, 2.24) is 5.32 Å². The average Bonchev–Trinajstić information content (AvgIpc) is 2.65. The summed E-state index contributed by atoms with van der Waals surface area (Å²) in [6.07, 6.45) is 0.497. The molecule has 2 rings (SSSR count). The van der Waals surface area contributed by atoms with Crippen molar-refractivity contribution < 1.29 is 24.4 Å². The van der Waals surface area contributed by atoms with E-state index in [4.69, 9.17) is 9.84 Å². The number of nitrogens with one attached hydrogen (secondary N) is 1. The SMILES string of the molecule is CCCOc1ccc([C@@H](CC(=O)O)NC(=O)c2ccccc2[N+](=O)[O-])cc1. The monoisotopic (exact) mass is 372 g/mol. The molecule has 2 N–H and O–H groups in total. The van der Waals surface area contributed by atoms with E-state index in [0.29, 0.717) is 17.9 Å². The number of carboxylic acid groups (broad SMARTS) is 1. The lowest BCUT2D eigenvalue weighted by Crippen LogP contribution is -2.30. The second-order valence-electron chi connectivity index (χ2n) is 5.82. The fraction of sp³-hybridized carbons (Fsp3) is 0.263. The number of hydrogen-bond acceptors (Lipinski definition) is 5. The second-order valence-corrected chi connectivity index (χ2v) is 5.82. The molecule has 1 amide bonds. The summed E-state index contributed by atoms with van der Waals surface area (Å²) in [7, 11) is 0. The molecule has 0 spiro atoms. The Bertz CT molecular complexity index is 819. The molecular formula is C19H20N2O6. The summed E-state index contributed by atoms with van der Waals surface area (Å²) in [5, 5.41) is 22.8. The van der Waals surface area contributed by atoms with E-state index in [0.717, 1.165) is 6.42 Å². The molecule has 0 unspecified atom stereocenters. The molecule has 2 aromatic carbocycles. The molecule has 0 saturated carbocycles. The van der Waals surface area contributed by atoms with Gasteiger partial charge in [0.1, 0.15) is 11.3 Å². The molecule has 27 heavy (non-hydrogen) atoms. The molecule has 0 aliphatic carbocycles. The summed E-state index contributed by atoms with van der Waals surface area (Å²) in [5.74, 6) is -1.17. The number of carboxylic acids is 1. The summed E-state index contributed by atoms with van der Waals surface area (Å²) in [5.41, 5.74) is 0.0985. The van der Waals surface area contributed by atoms with Gasteiger partial charge >= 0.3 is 5.97 Å². The quantitative estimate of drug-likeness (QED) is 0.515. The number of nitro benzene ring substituents is 1. The third kappa shape index (κ3) is 5.53. The molecule has 0 heterocycles. The van der Waals surface area contributed by atoms with Crippen LogP contribution in [0.5, 0.6) is 5.75 Å². The van der Waals surface area contributed by atoms with Crippen molar-refractivity contribution in [2.45, 2.75) is 25.8 Å². The van der Waals surface area contributed by atoms with Crippen molar-refractivity contribution in [2.75, 3.05) is 6.61 Å². The Morgan fingerprint density at radius 1 is 1.19 bits per heavy atom. The van der Waals surface area contributed by atoms with E-state index in [1.54, 1.807) is 24.3 Å². The minimum atomic E-state index is -1.10. The molecule has 2 aromatic rings. The van der Waals surface area contributed by atoms with Gasteiger partial charge in [0, 0.05) is 6.07 Å².